The summed E-state index contributed by atoms with van der Waals surface area (Å²) < 4.78 is 0. The molecular weight excluding hydrogens is 382 g/mol. The highest BCUT2D eigenvalue weighted by atomic mass is 16.6. The highest BCUT2D eigenvalue weighted by Gasteiger charge is 2.19. The molecule has 0 radical (unpaired) electrons. The van der Waals surface area contributed by atoms with Crippen LogP contribution in [-0.4, -0.2) is 52.1 Å². The van der Waals surface area contributed by atoms with Crippen LogP contribution >= 0.6 is 0 Å². The Morgan fingerprint density at radius 2 is 1.69 bits per heavy atom. The van der Waals surface area contributed by atoms with Gasteiger partial charge >= 0.3 is 0 Å². The van der Waals surface area contributed by atoms with E-state index in [1.807, 2.05) is 6.07 Å². The molecule has 2 heterocycles. The molecule has 29 heavy (non-hydrogen) atoms. The number of non-ortho nitro benzene ring substituents is 2. The molecule has 2 N–H and O–H groups in total. The van der Waals surface area contributed by atoms with E-state index in [1.54, 1.807) is 6.20 Å². The van der Waals surface area contributed by atoms with Gasteiger partial charge in [0.25, 0.3) is 17.3 Å². The van der Waals surface area contributed by atoms with Crippen molar-refractivity contribution in [3.05, 3.63) is 56.3 Å². The van der Waals surface area contributed by atoms with Gasteiger partial charge in [0.05, 0.1) is 33.4 Å². The number of carbonyl (C=O) groups is 1. The van der Waals surface area contributed by atoms with Gasteiger partial charge in [-0.05, 0) is 12.8 Å². The summed E-state index contributed by atoms with van der Waals surface area (Å²) >= 11 is 0. The molecule has 1 aliphatic heterocycles. The van der Waals surface area contributed by atoms with E-state index in [2.05, 4.69) is 25.7 Å². The molecule has 0 atom stereocenters. The monoisotopic (exact) mass is 401 g/mol. The van der Waals surface area contributed by atoms with Crippen LogP contribution in [0.5, 0.6) is 0 Å². The van der Waals surface area contributed by atoms with Gasteiger partial charge in [-0.15, -0.1) is 5.10 Å². The van der Waals surface area contributed by atoms with Crippen molar-refractivity contribution in [3.8, 4) is 0 Å². The number of rotatable bonds is 8. The van der Waals surface area contributed by atoms with Gasteiger partial charge in [0.2, 0.25) is 0 Å². The SMILES string of the molecule is O=C(NCCNc1cc(N2CCCC2)cnn1)c1cc([N+](=O)[O-])cc([N+](=O)[O-])c1. The first-order valence-electron chi connectivity index (χ1n) is 8.97. The third-order valence-corrected chi connectivity index (χ3v) is 4.41. The van der Waals surface area contributed by atoms with Crippen molar-refractivity contribution < 1.29 is 14.6 Å². The molecule has 0 aliphatic carbocycles. The lowest BCUT2D eigenvalue weighted by atomic mass is 10.1. The zero-order valence-corrected chi connectivity index (χ0v) is 15.4. The minimum atomic E-state index is -0.780. The van der Waals surface area contributed by atoms with Gasteiger partial charge < -0.3 is 15.5 Å². The fraction of sp³-hybridized carbons (Fsp3) is 0.353. The Labute approximate surface area is 165 Å². The fourth-order valence-electron chi connectivity index (χ4n) is 3.00. The lowest BCUT2D eigenvalue weighted by Gasteiger charge is -2.17. The first kappa shape index (κ1) is 19.9. The molecule has 2 aromatic rings. The number of nitrogens with zero attached hydrogens (tertiary/aromatic N) is 5. The number of carbonyl (C=O) groups excluding carboxylic acids is 1. The molecular formula is C17H19N7O5. The van der Waals surface area contributed by atoms with Gasteiger partial charge in [0.1, 0.15) is 0 Å². The van der Waals surface area contributed by atoms with Crippen LogP contribution in [0.2, 0.25) is 0 Å². The number of aromatic nitrogens is 2. The second kappa shape index (κ2) is 8.91. The van der Waals surface area contributed by atoms with Gasteiger partial charge in [-0.25, -0.2) is 0 Å². The van der Waals surface area contributed by atoms with Crippen LogP contribution in [0.1, 0.15) is 23.2 Å². The number of benzene rings is 1. The smallest absolute Gasteiger partial charge is 0.277 e. The normalized spacial score (nSPS) is 13.2. The van der Waals surface area contributed by atoms with Crippen molar-refractivity contribution in [2.45, 2.75) is 12.8 Å². The van der Waals surface area contributed by atoms with Crippen LogP contribution in [0.25, 0.3) is 0 Å². The number of nitrogens with one attached hydrogen (secondary N) is 2. The molecule has 0 unspecified atom stereocenters. The Bertz CT molecular complexity index is 898. The number of anilines is 2. The van der Waals surface area contributed by atoms with E-state index in [9.17, 15) is 25.0 Å². The topological polar surface area (TPSA) is 156 Å². The second-order valence-electron chi connectivity index (χ2n) is 6.43. The van der Waals surface area contributed by atoms with E-state index >= 15 is 0 Å². The van der Waals surface area contributed by atoms with Crippen LogP contribution in [0.4, 0.5) is 22.9 Å². The molecule has 1 aromatic carbocycles. The second-order valence-corrected chi connectivity index (χ2v) is 6.43. The maximum absolute atomic E-state index is 12.2. The molecule has 1 amide bonds. The van der Waals surface area contributed by atoms with Crippen molar-refractivity contribution in [2.24, 2.45) is 0 Å². The molecule has 12 nitrogen and oxygen atoms in total. The standard InChI is InChI=1S/C17H19N7O5/c25-17(12-7-13(23(26)27)9-14(8-12)24(28)29)19-4-3-18-16-10-15(11-20-21-16)22-5-1-2-6-22/h7-11H,1-6H2,(H,18,21)(H,19,25). The van der Waals surface area contributed by atoms with Crippen LogP contribution in [-0.2, 0) is 0 Å². The van der Waals surface area contributed by atoms with E-state index in [4.69, 9.17) is 0 Å². The van der Waals surface area contributed by atoms with Crippen molar-refractivity contribution >= 4 is 28.8 Å². The Balaban J connectivity index is 1.56. The van der Waals surface area contributed by atoms with Gasteiger partial charge in [0, 0.05) is 44.4 Å². The minimum Gasteiger partial charge on any atom is -0.370 e. The van der Waals surface area contributed by atoms with E-state index in [0.717, 1.165) is 49.8 Å². The Morgan fingerprint density at radius 3 is 2.31 bits per heavy atom. The van der Waals surface area contributed by atoms with E-state index in [-0.39, 0.29) is 12.1 Å². The first-order valence-corrected chi connectivity index (χ1v) is 8.97. The van der Waals surface area contributed by atoms with Crippen LogP contribution in [0.15, 0.2) is 30.5 Å². The van der Waals surface area contributed by atoms with E-state index < -0.39 is 27.1 Å². The zero-order chi connectivity index (χ0) is 20.8. The number of hydrogen-bond acceptors (Lipinski definition) is 9. The third kappa shape index (κ3) is 5.12. The van der Waals surface area contributed by atoms with Crippen molar-refractivity contribution in [2.75, 3.05) is 36.4 Å². The maximum atomic E-state index is 12.2. The quantitative estimate of drug-likeness (QED) is 0.382. The highest BCUT2D eigenvalue weighted by molar-refractivity contribution is 5.95. The summed E-state index contributed by atoms with van der Waals surface area (Å²) in [7, 11) is 0. The number of hydrogen-bond donors (Lipinski definition) is 2. The number of nitro groups is 2. The Hall–Kier alpha value is -3.83. The summed E-state index contributed by atoms with van der Waals surface area (Å²) in [5, 5.41) is 35.4. The average Bonchev–Trinajstić information content (AvgIpc) is 3.26. The van der Waals surface area contributed by atoms with Crippen molar-refractivity contribution in [1.29, 1.82) is 0 Å². The molecule has 0 saturated carbocycles. The lowest BCUT2D eigenvalue weighted by molar-refractivity contribution is -0.394. The third-order valence-electron chi connectivity index (χ3n) is 4.41. The number of nitro benzene ring substituents is 2. The van der Waals surface area contributed by atoms with Crippen molar-refractivity contribution in [1.82, 2.24) is 15.5 Å². The maximum Gasteiger partial charge on any atom is 0.277 e. The predicted molar refractivity (Wildman–Crippen MR) is 104 cm³/mol. The molecule has 0 spiro atoms. The molecule has 0 bridgehead atoms. The fourth-order valence-corrected chi connectivity index (χ4v) is 3.00. The minimum absolute atomic E-state index is 0.151. The molecule has 1 fully saturated rings. The highest BCUT2D eigenvalue weighted by Crippen LogP contribution is 2.23. The first-order chi connectivity index (χ1) is 13.9. The summed E-state index contributed by atoms with van der Waals surface area (Å²) in [5.74, 6) is -0.0786. The molecule has 1 aromatic heterocycles. The molecule has 1 saturated heterocycles. The molecule has 152 valence electrons. The Morgan fingerprint density at radius 1 is 1.03 bits per heavy atom. The van der Waals surface area contributed by atoms with Crippen LogP contribution in [0, 0.1) is 20.2 Å². The zero-order valence-electron chi connectivity index (χ0n) is 15.4. The summed E-state index contributed by atoms with van der Waals surface area (Å²) in [6.07, 6.45) is 3.99. The van der Waals surface area contributed by atoms with E-state index in [0.29, 0.717) is 12.4 Å². The van der Waals surface area contributed by atoms with Gasteiger partial charge in [-0.1, -0.05) is 0 Å². The van der Waals surface area contributed by atoms with Crippen LogP contribution in [0.3, 0.4) is 0 Å². The molecule has 3 rings (SSSR count). The Kier molecular flexibility index (Phi) is 6.12. The summed E-state index contributed by atoms with van der Waals surface area (Å²) in [6.45, 7) is 2.49. The van der Waals surface area contributed by atoms with Crippen LogP contribution < -0.4 is 15.5 Å². The van der Waals surface area contributed by atoms with Gasteiger partial charge in [-0.3, -0.25) is 25.0 Å². The largest absolute Gasteiger partial charge is 0.370 e. The van der Waals surface area contributed by atoms with Crippen molar-refractivity contribution in [3.63, 3.8) is 0 Å². The lowest BCUT2D eigenvalue weighted by Crippen LogP contribution is -2.29. The average molecular weight is 401 g/mol. The predicted octanol–water partition coefficient (Wildman–Crippen LogP) is 1.74. The van der Waals surface area contributed by atoms with Gasteiger partial charge in [-0.2, -0.15) is 5.10 Å². The van der Waals surface area contributed by atoms with Gasteiger partial charge in [0.15, 0.2) is 5.82 Å². The molecule has 12 heteroatoms. The summed E-state index contributed by atoms with van der Waals surface area (Å²) in [4.78, 5) is 34.7. The summed E-state index contributed by atoms with van der Waals surface area (Å²) in [5.41, 5.74) is -0.206. The number of amides is 1. The summed E-state index contributed by atoms with van der Waals surface area (Å²) in [6, 6.07) is 4.69. The molecule has 1 aliphatic rings. The van der Waals surface area contributed by atoms with E-state index in [1.165, 1.54) is 0 Å².